The number of carbonyl (C=O) groups is 2. The van der Waals surface area contributed by atoms with Crippen molar-refractivity contribution in [2.75, 3.05) is 59.8 Å². The second kappa shape index (κ2) is 14.7. The van der Waals surface area contributed by atoms with Crippen LogP contribution in [0.3, 0.4) is 0 Å². The molecule has 2 unspecified atom stereocenters. The maximum absolute atomic E-state index is 13.3. The molecule has 0 radical (unpaired) electrons. The molecule has 3 atom stereocenters. The van der Waals surface area contributed by atoms with E-state index < -0.39 is 18.2 Å². The number of hydrogen-bond acceptors (Lipinski definition) is 12. The molecule has 4 aliphatic heterocycles. The minimum absolute atomic E-state index is 0.147. The van der Waals surface area contributed by atoms with Crippen LogP contribution in [0.15, 0.2) is 53.5 Å². The zero-order valence-corrected chi connectivity index (χ0v) is 33.1. The summed E-state index contributed by atoms with van der Waals surface area (Å²) < 4.78 is 11.7. The maximum atomic E-state index is 13.3. The lowest BCUT2D eigenvalue weighted by Gasteiger charge is -2.39. The predicted molar refractivity (Wildman–Crippen MR) is 221 cm³/mol. The summed E-state index contributed by atoms with van der Waals surface area (Å²) >= 11 is 0. The molecule has 1 aliphatic carbocycles. The normalized spacial score (nSPS) is 22.2. The minimum Gasteiger partial charge on any atom is -0.385 e. The Balaban J connectivity index is 0.802. The number of carbonyl (C=O) groups excluding carboxylic acids is 2. The highest BCUT2D eigenvalue weighted by Crippen LogP contribution is 2.41. The SMILES string of the molecule is CNc1cc(N2CCc3c(N4CCC[C@@H](OC5CCN(c6ccc7c(c6)n(C)c(=O)n7C6CCC(=O)NC6=O)CC5)C4)cccc32)nn2c(C(O)NC3CC3)cnc12. The smallest absolute Gasteiger partial charge is 0.329 e. The number of aryl methyl sites for hydroxylation is 1. The lowest BCUT2D eigenvalue weighted by molar-refractivity contribution is -0.135. The van der Waals surface area contributed by atoms with E-state index in [0.717, 1.165) is 106 Å². The van der Waals surface area contributed by atoms with Gasteiger partial charge in [-0.15, -0.1) is 5.10 Å². The highest BCUT2D eigenvalue weighted by Gasteiger charge is 2.34. The van der Waals surface area contributed by atoms with Crippen LogP contribution in [0.1, 0.15) is 74.9 Å². The Bertz CT molecular complexity index is 2460. The van der Waals surface area contributed by atoms with E-state index in [1.54, 1.807) is 22.3 Å². The predicted octanol–water partition coefficient (Wildman–Crippen LogP) is 3.49. The number of aromatic nitrogens is 5. The van der Waals surface area contributed by atoms with Gasteiger partial charge in [0.25, 0.3) is 0 Å². The van der Waals surface area contributed by atoms with Gasteiger partial charge in [-0.2, -0.15) is 0 Å². The minimum atomic E-state index is -0.837. The van der Waals surface area contributed by atoms with Crippen LogP contribution in [0.5, 0.6) is 0 Å². The first kappa shape index (κ1) is 36.9. The van der Waals surface area contributed by atoms with Gasteiger partial charge >= 0.3 is 5.69 Å². The zero-order valence-electron chi connectivity index (χ0n) is 33.1. The van der Waals surface area contributed by atoms with Gasteiger partial charge in [-0.25, -0.2) is 14.3 Å². The first-order valence-electron chi connectivity index (χ1n) is 20.8. The van der Waals surface area contributed by atoms with Gasteiger partial charge in [0.1, 0.15) is 18.0 Å². The van der Waals surface area contributed by atoms with E-state index in [2.05, 4.69) is 53.8 Å². The van der Waals surface area contributed by atoms with Crippen LogP contribution < -0.4 is 36.3 Å². The first-order chi connectivity index (χ1) is 28.2. The molecular weight excluding hydrogens is 739 g/mol. The molecule has 4 N–H and O–H groups in total. The first-order valence-corrected chi connectivity index (χ1v) is 20.8. The van der Waals surface area contributed by atoms with E-state index >= 15 is 0 Å². The molecule has 0 spiro atoms. The molecule has 2 aromatic carbocycles. The summed E-state index contributed by atoms with van der Waals surface area (Å²) in [6.45, 7) is 4.35. The lowest BCUT2D eigenvalue weighted by atomic mass is 10.0. The topological polar surface area (TPSA) is 167 Å². The van der Waals surface area contributed by atoms with Gasteiger partial charge in [0.15, 0.2) is 11.5 Å². The molecule has 1 saturated carbocycles. The number of anilines is 5. The van der Waals surface area contributed by atoms with E-state index in [1.165, 1.54) is 15.8 Å². The van der Waals surface area contributed by atoms with Crippen molar-refractivity contribution < 1.29 is 19.4 Å². The maximum Gasteiger partial charge on any atom is 0.329 e. The standard InChI is InChI=1S/C42H51N11O5/c1-43-30-22-37(47-53-36(23-44-39(30)53)41(56)45-25-8-9-25)51-20-16-29-31(6-3-7-32(29)51)50-17-4-5-28(24-50)58-27-14-18-49(19-15-27)26-10-11-33-35(21-26)48(2)42(57)52(33)34-12-13-38(54)46-40(34)55/h3,6-7,10-11,21-23,25,27-28,34,41,43,45,56H,4-5,8-9,12-20,24H2,1-2H3,(H,46,54,55)/t28-,34?,41?/m1/s1. The van der Waals surface area contributed by atoms with Crippen molar-refractivity contribution in [2.45, 2.75) is 88.3 Å². The van der Waals surface area contributed by atoms with Gasteiger partial charge in [0.05, 0.1) is 35.1 Å². The van der Waals surface area contributed by atoms with E-state index in [-0.39, 0.29) is 30.2 Å². The molecule has 16 nitrogen and oxygen atoms in total. The monoisotopic (exact) mass is 789 g/mol. The number of imide groups is 1. The van der Waals surface area contributed by atoms with Gasteiger partial charge < -0.3 is 29.9 Å². The summed E-state index contributed by atoms with van der Waals surface area (Å²) in [5.74, 6) is 0.0892. The number of imidazole rings is 2. The van der Waals surface area contributed by atoms with Gasteiger partial charge in [-0.05, 0) is 81.7 Å². The molecule has 16 heteroatoms. The van der Waals surface area contributed by atoms with Gasteiger partial charge in [-0.3, -0.25) is 29.4 Å². The number of aliphatic hydroxyl groups excluding tert-OH is 1. The third-order valence-electron chi connectivity index (χ3n) is 12.8. The van der Waals surface area contributed by atoms with Crippen LogP contribution >= 0.6 is 0 Å². The molecule has 5 aliphatic rings. The lowest BCUT2D eigenvalue weighted by Crippen LogP contribution is -2.44. The van der Waals surface area contributed by atoms with Crippen LogP contribution in [-0.4, -0.2) is 98.7 Å². The molecule has 3 saturated heterocycles. The number of nitrogens with zero attached hydrogens (tertiary/aromatic N) is 8. The molecule has 0 bridgehead atoms. The van der Waals surface area contributed by atoms with Crippen molar-refractivity contribution in [2.24, 2.45) is 7.05 Å². The van der Waals surface area contributed by atoms with Crippen molar-refractivity contribution in [3.05, 3.63) is 70.4 Å². The fourth-order valence-electron chi connectivity index (χ4n) is 9.55. The molecular formula is C42H51N11O5. The fraction of sp³-hybridized carbons (Fsp3) is 0.500. The molecule has 2 amide bonds. The van der Waals surface area contributed by atoms with E-state index in [9.17, 15) is 19.5 Å². The Labute approximate surface area is 335 Å². The van der Waals surface area contributed by atoms with Gasteiger partial charge in [0.2, 0.25) is 11.8 Å². The number of ether oxygens (including phenoxy) is 1. The molecule has 4 fully saturated rings. The van der Waals surface area contributed by atoms with E-state index in [4.69, 9.17) is 9.84 Å². The summed E-state index contributed by atoms with van der Waals surface area (Å²) in [6, 6.07) is 14.3. The van der Waals surface area contributed by atoms with Crippen LogP contribution in [0.2, 0.25) is 0 Å². The molecule has 5 aromatic rings. The number of aliphatic hydroxyl groups is 1. The van der Waals surface area contributed by atoms with Crippen molar-refractivity contribution >= 4 is 57.1 Å². The average Bonchev–Trinajstić information content (AvgIpc) is 3.67. The summed E-state index contributed by atoms with van der Waals surface area (Å²) in [5, 5.41) is 24.9. The quantitative estimate of drug-likeness (QED) is 0.120. The second-order valence-electron chi connectivity index (χ2n) is 16.5. The third-order valence-corrected chi connectivity index (χ3v) is 12.8. The average molecular weight is 790 g/mol. The molecule has 7 heterocycles. The van der Waals surface area contributed by atoms with Crippen molar-refractivity contribution in [3.8, 4) is 0 Å². The number of rotatable bonds is 10. The van der Waals surface area contributed by atoms with Crippen LogP contribution in [0.4, 0.5) is 28.6 Å². The van der Waals surface area contributed by atoms with E-state index in [1.807, 2.05) is 31.3 Å². The number of nitrogens with one attached hydrogen (secondary N) is 3. The number of fused-ring (bicyclic) bond motifs is 3. The number of piperidine rings is 3. The summed E-state index contributed by atoms with van der Waals surface area (Å²) in [4.78, 5) is 49.4. The molecule has 10 rings (SSSR count). The Hall–Kier alpha value is -5.45. The van der Waals surface area contributed by atoms with E-state index in [0.29, 0.717) is 29.3 Å². The summed E-state index contributed by atoms with van der Waals surface area (Å²) in [6.07, 6.45) is 8.72. The summed E-state index contributed by atoms with van der Waals surface area (Å²) in [7, 11) is 3.62. The fourth-order valence-corrected chi connectivity index (χ4v) is 9.55. The van der Waals surface area contributed by atoms with Crippen molar-refractivity contribution in [1.82, 2.24) is 34.4 Å². The van der Waals surface area contributed by atoms with Crippen molar-refractivity contribution in [1.29, 1.82) is 0 Å². The molecule has 3 aromatic heterocycles. The highest BCUT2D eigenvalue weighted by molar-refractivity contribution is 6.00. The van der Waals surface area contributed by atoms with Crippen LogP contribution in [0.25, 0.3) is 16.7 Å². The summed E-state index contributed by atoms with van der Waals surface area (Å²) in [5.41, 5.74) is 8.18. The second-order valence-corrected chi connectivity index (χ2v) is 16.5. The number of amides is 2. The molecule has 304 valence electrons. The third kappa shape index (κ3) is 6.56. The Morgan fingerprint density at radius 3 is 2.52 bits per heavy atom. The van der Waals surface area contributed by atoms with Crippen LogP contribution in [-0.2, 0) is 27.8 Å². The molecule has 58 heavy (non-hydrogen) atoms. The largest absolute Gasteiger partial charge is 0.385 e. The Morgan fingerprint density at radius 1 is 0.897 bits per heavy atom. The Morgan fingerprint density at radius 2 is 1.72 bits per heavy atom. The zero-order chi connectivity index (χ0) is 39.7. The number of benzene rings is 2. The Kier molecular flexibility index (Phi) is 9.36. The number of hydrogen-bond donors (Lipinski definition) is 4. The van der Waals surface area contributed by atoms with Crippen molar-refractivity contribution in [3.63, 3.8) is 0 Å². The van der Waals surface area contributed by atoms with Crippen LogP contribution in [0, 0.1) is 0 Å². The van der Waals surface area contributed by atoms with Gasteiger partial charge in [-0.1, -0.05) is 6.07 Å². The van der Waals surface area contributed by atoms with Gasteiger partial charge in [0, 0.05) is 88.0 Å². The highest BCUT2D eigenvalue weighted by atomic mass is 16.5.